The molecule has 0 spiro atoms. The maximum Gasteiger partial charge on any atom is 0.257 e. The molecule has 0 saturated carbocycles. The van der Waals surface area contributed by atoms with Crippen LogP contribution in [0.4, 0.5) is 5.69 Å². The van der Waals surface area contributed by atoms with Gasteiger partial charge in [0.05, 0.1) is 17.6 Å². The summed E-state index contributed by atoms with van der Waals surface area (Å²) in [4.78, 5) is 0. The van der Waals surface area contributed by atoms with Crippen LogP contribution < -0.4 is 4.31 Å². The second-order valence-corrected chi connectivity index (χ2v) is 9.50. The number of aryl methyl sites for hydroxylation is 1. The average Bonchev–Trinajstić information content (AvgIpc) is 2.67. The normalized spacial score (nSPS) is 11.7. The molecule has 0 N–H and O–H groups in total. The smallest absolute Gasteiger partial charge is 0.257 e. The van der Waals surface area contributed by atoms with Crippen LogP contribution in [0, 0.1) is 6.92 Å². The lowest BCUT2D eigenvalue weighted by atomic mass is 10.1. The molecular weight excluding hydrogens is 449 g/mol. The fraction of sp³-hybridized carbons (Fsp3) is 0.0909. The van der Waals surface area contributed by atoms with Crippen LogP contribution in [0.1, 0.15) is 16.7 Å². The van der Waals surface area contributed by atoms with E-state index in [0.29, 0.717) is 26.3 Å². The van der Waals surface area contributed by atoms with E-state index in [1.165, 1.54) is 10.4 Å². The summed E-state index contributed by atoms with van der Waals surface area (Å²) >= 11 is 18.3. The van der Waals surface area contributed by atoms with Gasteiger partial charge in [-0.25, -0.2) is 8.42 Å². The topological polar surface area (TPSA) is 37.4 Å². The van der Waals surface area contributed by atoms with Gasteiger partial charge in [0.15, 0.2) is 0 Å². The molecule has 150 valence electrons. The van der Waals surface area contributed by atoms with Crippen molar-refractivity contribution >= 4 is 56.6 Å². The molecule has 0 saturated heterocycles. The molecular formula is C22H18Cl3NO2S. The molecule has 0 unspecified atom stereocenters. The highest BCUT2D eigenvalue weighted by Gasteiger charge is 2.21. The van der Waals surface area contributed by atoms with E-state index in [1.807, 2.05) is 19.1 Å². The van der Waals surface area contributed by atoms with E-state index in [-0.39, 0.29) is 6.54 Å². The number of hydrogen-bond donors (Lipinski definition) is 0. The van der Waals surface area contributed by atoms with Crippen molar-refractivity contribution in [3.8, 4) is 0 Å². The standard InChI is InChI=1S/C22H18Cl3NO2S/c1-16-8-9-18(13-22(16)25)15-26(21-7-3-6-20(24)14-21)29(27,28)11-10-17-4-2-5-19(23)12-17/h2-14H,15H2,1H3/b11-10+. The quantitative estimate of drug-likeness (QED) is 0.393. The maximum absolute atomic E-state index is 13.2. The van der Waals surface area contributed by atoms with Crippen molar-refractivity contribution in [1.29, 1.82) is 0 Å². The summed E-state index contributed by atoms with van der Waals surface area (Å²) in [5.74, 6) is 0. The predicted molar refractivity (Wildman–Crippen MR) is 123 cm³/mol. The zero-order valence-electron chi connectivity index (χ0n) is 15.5. The summed E-state index contributed by atoms with van der Waals surface area (Å²) in [7, 11) is -3.82. The molecule has 0 fully saturated rings. The fourth-order valence-corrected chi connectivity index (χ4v) is 4.51. The van der Waals surface area contributed by atoms with E-state index in [0.717, 1.165) is 16.5 Å². The summed E-state index contributed by atoms with van der Waals surface area (Å²) in [5.41, 5.74) is 2.84. The summed E-state index contributed by atoms with van der Waals surface area (Å²) in [6.45, 7) is 2.01. The molecule has 3 aromatic carbocycles. The lowest BCUT2D eigenvalue weighted by Crippen LogP contribution is -2.28. The highest BCUT2D eigenvalue weighted by molar-refractivity contribution is 7.95. The van der Waals surface area contributed by atoms with Crippen molar-refractivity contribution in [1.82, 2.24) is 0 Å². The minimum Gasteiger partial charge on any atom is -0.262 e. The predicted octanol–water partition coefficient (Wildman–Crippen LogP) is 6.96. The van der Waals surface area contributed by atoms with Gasteiger partial charge in [-0.1, -0.05) is 65.1 Å². The molecule has 29 heavy (non-hydrogen) atoms. The zero-order valence-corrected chi connectivity index (χ0v) is 18.6. The number of hydrogen-bond acceptors (Lipinski definition) is 2. The molecule has 0 heterocycles. The molecule has 0 aliphatic heterocycles. The minimum atomic E-state index is -3.82. The fourth-order valence-electron chi connectivity index (χ4n) is 2.71. The van der Waals surface area contributed by atoms with Crippen LogP contribution in [0.3, 0.4) is 0 Å². The van der Waals surface area contributed by atoms with Gasteiger partial charge < -0.3 is 0 Å². The second-order valence-electron chi connectivity index (χ2n) is 6.47. The van der Waals surface area contributed by atoms with Crippen molar-refractivity contribution in [2.24, 2.45) is 0 Å². The summed E-state index contributed by atoms with van der Waals surface area (Å²) < 4.78 is 27.7. The Bertz CT molecular complexity index is 1160. The lowest BCUT2D eigenvalue weighted by Gasteiger charge is -2.23. The number of anilines is 1. The number of halogens is 3. The first kappa shape index (κ1) is 21.7. The second kappa shape index (κ2) is 9.23. The third kappa shape index (κ3) is 5.77. The third-order valence-electron chi connectivity index (χ3n) is 4.25. The van der Waals surface area contributed by atoms with Crippen LogP contribution in [-0.2, 0) is 16.6 Å². The molecule has 3 nitrogen and oxygen atoms in total. The molecule has 0 atom stereocenters. The Labute approximate surface area is 186 Å². The highest BCUT2D eigenvalue weighted by Crippen LogP contribution is 2.27. The van der Waals surface area contributed by atoms with E-state index in [2.05, 4.69) is 0 Å². The minimum absolute atomic E-state index is 0.114. The van der Waals surface area contributed by atoms with Gasteiger partial charge in [0.25, 0.3) is 10.0 Å². The molecule has 0 aromatic heterocycles. The maximum atomic E-state index is 13.2. The number of nitrogens with zero attached hydrogens (tertiary/aromatic N) is 1. The summed E-state index contributed by atoms with van der Waals surface area (Å²) in [5, 5.41) is 2.73. The van der Waals surface area contributed by atoms with Crippen molar-refractivity contribution in [3.05, 3.63) is 104 Å². The van der Waals surface area contributed by atoms with Crippen LogP contribution in [-0.4, -0.2) is 8.42 Å². The van der Waals surface area contributed by atoms with Crippen molar-refractivity contribution in [3.63, 3.8) is 0 Å². The molecule has 7 heteroatoms. The van der Waals surface area contributed by atoms with Gasteiger partial charge in [-0.3, -0.25) is 4.31 Å². The van der Waals surface area contributed by atoms with E-state index in [9.17, 15) is 8.42 Å². The van der Waals surface area contributed by atoms with Gasteiger partial charge in [0, 0.05) is 15.1 Å². The van der Waals surface area contributed by atoms with E-state index in [4.69, 9.17) is 34.8 Å². The van der Waals surface area contributed by atoms with Gasteiger partial charge in [-0.15, -0.1) is 0 Å². The Morgan fingerprint density at radius 2 is 1.59 bits per heavy atom. The van der Waals surface area contributed by atoms with Crippen LogP contribution in [0.5, 0.6) is 0 Å². The largest absolute Gasteiger partial charge is 0.262 e. The first-order valence-corrected chi connectivity index (χ1v) is 11.4. The van der Waals surface area contributed by atoms with E-state index >= 15 is 0 Å². The number of rotatable bonds is 6. The van der Waals surface area contributed by atoms with Crippen LogP contribution >= 0.6 is 34.8 Å². The Morgan fingerprint density at radius 3 is 2.24 bits per heavy atom. The lowest BCUT2D eigenvalue weighted by molar-refractivity contribution is 0.599. The van der Waals surface area contributed by atoms with Crippen LogP contribution in [0.25, 0.3) is 6.08 Å². The molecule has 0 radical (unpaired) electrons. The molecule has 0 bridgehead atoms. The number of benzene rings is 3. The van der Waals surface area contributed by atoms with Gasteiger partial charge in [0.2, 0.25) is 0 Å². The van der Waals surface area contributed by atoms with Gasteiger partial charge in [-0.2, -0.15) is 0 Å². The third-order valence-corrected chi connectivity index (χ3v) is 6.56. The van der Waals surface area contributed by atoms with Crippen molar-refractivity contribution in [2.75, 3.05) is 4.31 Å². The Kier molecular flexibility index (Phi) is 6.91. The molecule has 3 aromatic rings. The van der Waals surface area contributed by atoms with Crippen LogP contribution in [0.2, 0.25) is 15.1 Å². The average molecular weight is 467 g/mol. The highest BCUT2D eigenvalue weighted by atomic mass is 35.5. The van der Waals surface area contributed by atoms with E-state index < -0.39 is 10.0 Å². The van der Waals surface area contributed by atoms with E-state index in [1.54, 1.807) is 54.6 Å². The Balaban J connectivity index is 2.00. The molecule has 3 rings (SSSR count). The Morgan fingerprint density at radius 1 is 0.897 bits per heavy atom. The summed E-state index contributed by atoms with van der Waals surface area (Å²) in [6, 6.07) is 19.2. The van der Waals surface area contributed by atoms with Crippen LogP contribution in [0.15, 0.2) is 72.1 Å². The zero-order chi connectivity index (χ0) is 21.0. The monoisotopic (exact) mass is 465 g/mol. The molecule has 0 aliphatic carbocycles. The first-order chi connectivity index (χ1) is 13.7. The Hall–Kier alpha value is -1.98. The van der Waals surface area contributed by atoms with Crippen molar-refractivity contribution in [2.45, 2.75) is 13.5 Å². The van der Waals surface area contributed by atoms with Gasteiger partial charge >= 0.3 is 0 Å². The number of sulfonamides is 1. The van der Waals surface area contributed by atoms with Crippen molar-refractivity contribution < 1.29 is 8.42 Å². The summed E-state index contributed by atoms with van der Waals surface area (Å²) in [6.07, 6.45) is 1.51. The molecule has 0 aliphatic rings. The SMILES string of the molecule is Cc1ccc(CN(c2cccc(Cl)c2)S(=O)(=O)/C=C/c2cccc(Cl)c2)cc1Cl. The first-order valence-electron chi connectivity index (χ1n) is 8.71. The molecule has 0 amide bonds. The van der Waals surface area contributed by atoms with Gasteiger partial charge in [0.1, 0.15) is 0 Å². The van der Waals surface area contributed by atoms with Gasteiger partial charge in [-0.05, 0) is 66.1 Å².